The van der Waals surface area contributed by atoms with Crippen molar-refractivity contribution in [1.29, 1.82) is 0 Å². The van der Waals surface area contributed by atoms with E-state index in [1.54, 1.807) is 0 Å². The molecule has 0 unspecified atom stereocenters. The predicted octanol–water partition coefficient (Wildman–Crippen LogP) is 8.12. The van der Waals surface area contributed by atoms with Gasteiger partial charge in [0, 0.05) is 11.5 Å². The predicted molar refractivity (Wildman–Crippen MR) is 124 cm³/mol. The molecule has 1 fully saturated rings. The molecule has 0 radical (unpaired) electrons. The molecule has 1 aromatic carbocycles. The summed E-state index contributed by atoms with van der Waals surface area (Å²) in [6.07, 6.45) is 17.4. The Morgan fingerprint density at radius 2 is 1.45 bits per heavy atom. The van der Waals surface area contributed by atoms with Crippen LogP contribution >= 0.6 is 0 Å². The highest BCUT2D eigenvalue weighted by molar-refractivity contribution is 5.58. The third-order valence-electron chi connectivity index (χ3n) is 6.73. The third kappa shape index (κ3) is 6.94. The largest absolute Gasteiger partial charge is 0.155 e. The van der Waals surface area contributed by atoms with Crippen LogP contribution in [0.4, 0.5) is 0 Å². The van der Waals surface area contributed by atoms with E-state index in [2.05, 4.69) is 60.4 Å². The topological polar surface area (TPSA) is 25.8 Å². The first-order chi connectivity index (χ1) is 14.3. The summed E-state index contributed by atoms with van der Waals surface area (Å²) in [5.74, 6) is 1.56. The van der Waals surface area contributed by atoms with Gasteiger partial charge in [0.1, 0.15) is 0 Å². The van der Waals surface area contributed by atoms with Crippen LogP contribution in [0.25, 0.3) is 11.3 Å². The van der Waals surface area contributed by atoms with Crippen molar-refractivity contribution >= 4 is 0 Å². The van der Waals surface area contributed by atoms with Crippen LogP contribution in [-0.4, -0.2) is 10.2 Å². The quantitative estimate of drug-likeness (QED) is 0.361. The van der Waals surface area contributed by atoms with Crippen LogP contribution in [0.2, 0.25) is 0 Å². The van der Waals surface area contributed by atoms with E-state index in [1.165, 1.54) is 100 Å². The van der Waals surface area contributed by atoms with Crippen LogP contribution in [0.15, 0.2) is 36.4 Å². The number of aryl methyl sites for hydroxylation is 1. The van der Waals surface area contributed by atoms with Crippen molar-refractivity contribution in [2.45, 2.75) is 103 Å². The van der Waals surface area contributed by atoms with E-state index in [4.69, 9.17) is 0 Å². The Morgan fingerprint density at radius 3 is 2.10 bits per heavy atom. The fourth-order valence-corrected chi connectivity index (χ4v) is 4.74. The van der Waals surface area contributed by atoms with E-state index in [0.29, 0.717) is 5.92 Å². The molecule has 0 spiro atoms. The molecule has 1 heterocycles. The van der Waals surface area contributed by atoms with E-state index in [9.17, 15) is 0 Å². The molecule has 0 N–H and O–H groups in total. The van der Waals surface area contributed by atoms with Crippen LogP contribution in [-0.2, 0) is 6.42 Å². The molecule has 0 saturated heterocycles. The zero-order valence-electron chi connectivity index (χ0n) is 18.7. The number of benzene rings is 1. The first kappa shape index (κ1) is 22.0. The highest BCUT2D eigenvalue weighted by atomic mass is 15.1. The van der Waals surface area contributed by atoms with Crippen LogP contribution in [0.5, 0.6) is 0 Å². The Labute approximate surface area is 178 Å². The van der Waals surface area contributed by atoms with Gasteiger partial charge in [-0.2, -0.15) is 10.2 Å². The molecule has 2 heteroatoms. The maximum atomic E-state index is 4.62. The smallest absolute Gasteiger partial charge is 0.0929 e. The van der Waals surface area contributed by atoms with Crippen LogP contribution in [0, 0.1) is 5.92 Å². The van der Waals surface area contributed by atoms with E-state index in [-0.39, 0.29) is 0 Å². The van der Waals surface area contributed by atoms with Gasteiger partial charge in [0.05, 0.1) is 11.4 Å². The van der Waals surface area contributed by atoms with Crippen LogP contribution < -0.4 is 0 Å². The molecule has 0 atom stereocenters. The highest BCUT2D eigenvalue weighted by Crippen LogP contribution is 2.37. The summed E-state index contributed by atoms with van der Waals surface area (Å²) in [5, 5.41) is 9.19. The van der Waals surface area contributed by atoms with Gasteiger partial charge in [-0.3, -0.25) is 0 Å². The minimum atomic E-state index is 0.615. The Bertz CT molecular complexity index is 681. The summed E-state index contributed by atoms with van der Waals surface area (Å²) in [6, 6.07) is 13.3. The van der Waals surface area contributed by atoms with Gasteiger partial charge in [-0.25, -0.2) is 0 Å². The maximum absolute atomic E-state index is 4.62. The van der Waals surface area contributed by atoms with Crippen molar-refractivity contribution in [3.05, 3.63) is 47.7 Å². The fraction of sp³-hybridized carbons (Fsp3) is 0.630. The zero-order valence-corrected chi connectivity index (χ0v) is 18.7. The Kier molecular flexibility index (Phi) is 9.18. The van der Waals surface area contributed by atoms with Crippen molar-refractivity contribution < 1.29 is 0 Å². The normalized spacial score (nSPS) is 19.4. The average molecular weight is 393 g/mol. The molecule has 29 heavy (non-hydrogen) atoms. The number of hydrogen-bond acceptors (Lipinski definition) is 2. The molecule has 1 aliphatic rings. The molecular weight excluding hydrogens is 352 g/mol. The number of rotatable bonds is 11. The van der Waals surface area contributed by atoms with Gasteiger partial charge in [0.15, 0.2) is 0 Å². The maximum Gasteiger partial charge on any atom is 0.0929 e. The van der Waals surface area contributed by atoms with Gasteiger partial charge < -0.3 is 0 Å². The van der Waals surface area contributed by atoms with Gasteiger partial charge in [-0.1, -0.05) is 83.1 Å². The fourth-order valence-electron chi connectivity index (χ4n) is 4.74. The lowest BCUT2D eigenvalue weighted by Gasteiger charge is -2.28. The van der Waals surface area contributed by atoms with Crippen LogP contribution in [0.3, 0.4) is 0 Å². The van der Waals surface area contributed by atoms with Gasteiger partial charge in [0.2, 0.25) is 0 Å². The lowest BCUT2D eigenvalue weighted by molar-refractivity contribution is 0.299. The molecule has 1 aromatic heterocycles. The minimum absolute atomic E-state index is 0.615. The Morgan fingerprint density at radius 1 is 0.724 bits per heavy atom. The lowest BCUT2D eigenvalue weighted by Crippen LogP contribution is -2.14. The molecule has 0 bridgehead atoms. The second-order valence-electron chi connectivity index (χ2n) is 9.06. The summed E-state index contributed by atoms with van der Waals surface area (Å²) in [4.78, 5) is 0. The number of unbranched alkanes of at least 4 members (excludes halogenated alkanes) is 5. The van der Waals surface area contributed by atoms with Crippen LogP contribution in [0.1, 0.15) is 108 Å². The van der Waals surface area contributed by atoms with Crippen molar-refractivity contribution in [2.75, 3.05) is 0 Å². The monoisotopic (exact) mass is 392 g/mol. The number of nitrogens with zero attached hydrogens (tertiary/aromatic N) is 2. The van der Waals surface area contributed by atoms with E-state index in [1.807, 2.05) is 0 Å². The van der Waals surface area contributed by atoms with E-state index < -0.39 is 0 Å². The second-order valence-corrected chi connectivity index (χ2v) is 9.06. The molecule has 2 nitrogen and oxygen atoms in total. The molecular formula is C27H40N2. The zero-order chi connectivity index (χ0) is 20.3. The first-order valence-corrected chi connectivity index (χ1v) is 12.2. The first-order valence-electron chi connectivity index (χ1n) is 12.2. The summed E-state index contributed by atoms with van der Waals surface area (Å²) < 4.78 is 0. The standard InChI is InChI=1S/C27H40N2/c1-3-5-7-9-11-23-14-18-25(19-15-23)27-21-20-26(28-29-27)24-16-12-22(13-17-24)10-8-6-4-2/h14-15,18-22,24H,3-13,16-17H2,1-2H3/t22-,24-. The van der Waals surface area contributed by atoms with E-state index in [0.717, 1.165) is 11.6 Å². The van der Waals surface area contributed by atoms with E-state index >= 15 is 0 Å². The molecule has 158 valence electrons. The van der Waals surface area contributed by atoms with Gasteiger partial charge in [-0.05, 0) is 62.1 Å². The molecule has 2 aromatic rings. The summed E-state index contributed by atoms with van der Waals surface area (Å²) >= 11 is 0. The summed E-state index contributed by atoms with van der Waals surface area (Å²) in [6.45, 7) is 4.56. The molecule has 1 saturated carbocycles. The van der Waals surface area contributed by atoms with Crippen molar-refractivity contribution in [3.63, 3.8) is 0 Å². The molecule has 0 aliphatic heterocycles. The summed E-state index contributed by atoms with van der Waals surface area (Å²) in [5.41, 5.74) is 4.82. The second kappa shape index (κ2) is 12.1. The van der Waals surface area contributed by atoms with Gasteiger partial charge in [0.25, 0.3) is 0 Å². The van der Waals surface area contributed by atoms with Gasteiger partial charge >= 0.3 is 0 Å². The third-order valence-corrected chi connectivity index (χ3v) is 6.73. The van der Waals surface area contributed by atoms with Crippen molar-refractivity contribution in [3.8, 4) is 11.3 Å². The Balaban J connectivity index is 1.49. The highest BCUT2D eigenvalue weighted by Gasteiger charge is 2.23. The van der Waals surface area contributed by atoms with Crippen molar-refractivity contribution in [1.82, 2.24) is 10.2 Å². The Hall–Kier alpha value is -1.70. The van der Waals surface area contributed by atoms with Gasteiger partial charge in [-0.15, -0.1) is 0 Å². The summed E-state index contributed by atoms with van der Waals surface area (Å²) in [7, 11) is 0. The SMILES string of the molecule is CCCCCCc1ccc(-c2ccc([C@H]3CC[C@H](CCCCC)CC3)nn2)cc1. The van der Waals surface area contributed by atoms with Crippen molar-refractivity contribution in [2.24, 2.45) is 5.92 Å². The molecule has 1 aliphatic carbocycles. The number of aromatic nitrogens is 2. The number of hydrogen-bond donors (Lipinski definition) is 0. The molecule has 3 rings (SSSR count). The molecule has 0 amide bonds. The minimum Gasteiger partial charge on any atom is -0.155 e. The lowest BCUT2D eigenvalue weighted by atomic mass is 9.78. The average Bonchev–Trinajstić information content (AvgIpc) is 2.78.